The second kappa shape index (κ2) is 7.32. The van der Waals surface area contributed by atoms with E-state index in [4.69, 9.17) is 0 Å². The van der Waals surface area contributed by atoms with Gasteiger partial charge in [0.05, 0.1) is 5.56 Å². The number of hydrogen-bond acceptors (Lipinski definition) is 4. The van der Waals surface area contributed by atoms with Crippen LogP contribution in [0.3, 0.4) is 0 Å². The predicted molar refractivity (Wildman–Crippen MR) is 96.6 cm³/mol. The van der Waals surface area contributed by atoms with Gasteiger partial charge in [0.1, 0.15) is 0 Å². The third-order valence-corrected chi connectivity index (χ3v) is 4.92. The van der Waals surface area contributed by atoms with Crippen molar-refractivity contribution in [2.75, 3.05) is 27.2 Å². The molecule has 2 heterocycles. The Bertz CT molecular complexity index is 748. The molecule has 1 aliphatic carbocycles. The van der Waals surface area contributed by atoms with Gasteiger partial charge in [-0.2, -0.15) is 11.3 Å². The normalized spacial score (nSPS) is 14.1. The van der Waals surface area contributed by atoms with Gasteiger partial charge in [-0.25, -0.2) is 0 Å². The van der Waals surface area contributed by atoms with Crippen molar-refractivity contribution in [3.63, 3.8) is 0 Å². The van der Waals surface area contributed by atoms with Crippen LogP contribution >= 0.6 is 11.3 Å². The van der Waals surface area contributed by atoms with Crippen LogP contribution in [-0.2, 0) is 6.54 Å². The van der Waals surface area contributed by atoms with Gasteiger partial charge in [0.2, 0.25) is 0 Å². The largest absolute Gasteiger partial charge is 0.333 e. The molecule has 0 atom stereocenters. The van der Waals surface area contributed by atoms with Gasteiger partial charge < -0.3 is 14.4 Å². The van der Waals surface area contributed by atoms with Crippen molar-refractivity contribution in [2.24, 2.45) is 0 Å². The monoisotopic (exact) mass is 345 g/mol. The highest BCUT2D eigenvalue weighted by molar-refractivity contribution is 7.07. The van der Waals surface area contributed by atoms with Gasteiger partial charge in [-0.05, 0) is 55.4 Å². The number of hydrogen-bond donors (Lipinski definition) is 0. The Morgan fingerprint density at radius 3 is 2.67 bits per heavy atom. The molecular formula is C18H23N3O2S. The van der Waals surface area contributed by atoms with Crippen LogP contribution < -0.4 is 5.56 Å². The minimum atomic E-state index is -0.0215. The van der Waals surface area contributed by atoms with Gasteiger partial charge >= 0.3 is 0 Å². The topological polar surface area (TPSA) is 45.6 Å². The zero-order valence-electron chi connectivity index (χ0n) is 14.1. The molecule has 2 aromatic rings. The molecule has 1 aliphatic rings. The highest BCUT2D eigenvalue weighted by Gasteiger charge is 2.26. The molecule has 0 saturated heterocycles. The lowest BCUT2D eigenvalue weighted by molar-refractivity contribution is 0.0731. The molecule has 0 unspecified atom stereocenters. The van der Waals surface area contributed by atoms with Crippen LogP contribution in [0.5, 0.6) is 0 Å². The first kappa shape index (κ1) is 16.9. The first-order chi connectivity index (χ1) is 11.5. The highest BCUT2D eigenvalue weighted by atomic mass is 32.1. The Morgan fingerprint density at radius 2 is 2.04 bits per heavy atom. The van der Waals surface area contributed by atoms with Gasteiger partial charge in [0.15, 0.2) is 0 Å². The van der Waals surface area contributed by atoms with Crippen molar-refractivity contribution < 1.29 is 4.79 Å². The first-order valence-electron chi connectivity index (χ1n) is 8.22. The number of aromatic nitrogens is 1. The molecule has 0 aromatic carbocycles. The summed E-state index contributed by atoms with van der Waals surface area (Å²) in [7, 11) is 4.00. The van der Waals surface area contributed by atoms with Gasteiger partial charge in [0.25, 0.3) is 11.5 Å². The van der Waals surface area contributed by atoms with E-state index in [1.54, 1.807) is 28.2 Å². The van der Waals surface area contributed by atoms with E-state index in [1.165, 1.54) is 6.07 Å². The molecule has 0 radical (unpaired) electrons. The number of pyridine rings is 1. The van der Waals surface area contributed by atoms with Crippen molar-refractivity contribution in [1.82, 2.24) is 14.4 Å². The fourth-order valence-corrected chi connectivity index (χ4v) is 3.29. The van der Waals surface area contributed by atoms with Crippen molar-refractivity contribution in [1.29, 1.82) is 0 Å². The number of carbonyl (C=O) groups is 1. The molecule has 6 heteroatoms. The highest BCUT2D eigenvalue weighted by Crippen LogP contribution is 2.33. The van der Waals surface area contributed by atoms with Crippen LogP contribution in [0.1, 0.15) is 34.8 Å². The first-order valence-corrected chi connectivity index (χ1v) is 9.16. The fraction of sp³-hybridized carbons (Fsp3) is 0.444. The van der Waals surface area contributed by atoms with Crippen molar-refractivity contribution >= 4 is 17.2 Å². The van der Waals surface area contributed by atoms with Gasteiger partial charge in [0, 0.05) is 37.9 Å². The average Bonchev–Trinajstić information content (AvgIpc) is 3.27. The molecule has 1 fully saturated rings. The van der Waals surface area contributed by atoms with E-state index in [9.17, 15) is 9.59 Å². The third-order valence-electron chi connectivity index (χ3n) is 4.18. The van der Waals surface area contributed by atoms with E-state index in [1.807, 2.05) is 30.4 Å². The summed E-state index contributed by atoms with van der Waals surface area (Å²) < 4.78 is 1.71. The number of carbonyl (C=O) groups excluding carboxylic acids is 1. The van der Waals surface area contributed by atoms with Crippen LogP contribution in [-0.4, -0.2) is 47.5 Å². The lowest BCUT2D eigenvalue weighted by Gasteiger charge is -2.24. The number of nitrogens with zero attached hydrogens (tertiary/aromatic N) is 3. The number of likely N-dealkylation sites (N-methyl/N-ethyl adjacent to an activating group) is 1. The van der Waals surface area contributed by atoms with Gasteiger partial charge in [-0.15, -0.1) is 0 Å². The van der Waals surface area contributed by atoms with E-state index < -0.39 is 0 Å². The maximum Gasteiger partial charge on any atom is 0.255 e. The van der Waals surface area contributed by atoms with Crippen LogP contribution in [0.15, 0.2) is 40.0 Å². The summed E-state index contributed by atoms with van der Waals surface area (Å²) in [4.78, 5) is 28.9. The molecule has 0 spiro atoms. The Balaban J connectivity index is 1.81. The van der Waals surface area contributed by atoms with E-state index in [0.717, 1.165) is 24.9 Å². The summed E-state index contributed by atoms with van der Waals surface area (Å²) in [6.45, 7) is 2.06. The minimum absolute atomic E-state index is 0.0162. The van der Waals surface area contributed by atoms with E-state index in [-0.39, 0.29) is 17.5 Å². The summed E-state index contributed by atoms with van der Waals surface area (Å²) in [6, 6.07) is 5.49. The third kappa shape index (κ3) is 4.13. The molecule has 24 heavy (non-hydrogen) atoms. The van der Waals surface area contributed by atoms with Crippen molar-refractivity contribution in [3.8, 4) is 0 Å². The number of amides is 1. The maximum absolute atomic E-state index is 13.0. The summed E-state index contributed by atoms with van der Waals surface area (Å²) >= 11 is 1.64. The van der Waals surface area contributed by atoms with E-state index >= 15 is 0 Å². The Morgan fingerprint density at radius 1 is 1.25 bits per heavy atom. The van der Waals surface area contributed by atoms with E-state index in [0.29, 0.717) is 18.7 Å². The fourth-order valence-electron chi connectivity index (χ4n) is 2.63. The zero-order chi connectivity index (χ0) is 17.1. The molecule has 1 saturated carbocycles. The molecule has 0 N–H and O–H groups in total. The molecular weight excluding hydrogens is 322 g/mol. The smallest absolute Gasteiger partial charge is 0.255 e. The predicted octanol–water partition coefficient (Wildman–Crippen LogP) is 2.45. The Labute approximate surface area is 146 Å². The van der Waals surface area contributed by atoms with Crippen LogP contribution in [0, 0.1) is 0 Å². The maximum atomic E-state index is 13.0. The molecule has 2 aromatic heterocycles. The molecule has 1 amide bonds. The van der Waals surface area contributed by atoms with Crippen LogP contribution in [0.2, 0.25) is 0 Å². The Kier molecular flexibility index (Phi) is 5.16. The average molecular weight is 345 g/mol. The summed E-state index contributed by atoms with van der Waals surface area (Å²) in [5, 5.41) is 4.10. The lowest BCUT2D eigenvalue weighted by Crippen LogP contribution is -2.36. The minimum Gasteiger partial charge on any atom is -0.333 e. The van der Waals surface area contributed by atoms with Crippen LogP contribution in [0.25, 0.3) is 0 Å². The van der Waals surface area contributed by atoms with Crippen molar-refractivity contribution in [3.05, 3.63) is 56.6 Å². The molecule has 5 nitrogen and oxygen atoms in total. The molecule has 0 bridgehead atoms. The van der Waals surface area contributed by atoms with Gasteiger partial charge in [-0.1, -0.05) is 0 Å². The number of thiophene rings is 1. The molecule has 3 rings (SSSR count). The molecule has 0 aliphatic heterocycles. The number of rotatable bonds is 7. The van der Waals surface area contributed by atoms with E-state index in [2.05, 4.69) is 10.3 Å². The zero-order valence-corrected chi connectivity index (χ0v) is 15.0. The Hall–Kier alpha value is -1.92. The van der Waals surface area contributed by atoms with Crippen molar-refractivity contribution in [2.45, 2.75) is 25.4 Å². The lowest BCUT2D eigenvalue weighted by atomic mass is 10.2. The second-order valence-electron chi connectivity index (χ2n) is 6.56. The second-order valence-corrected chi connectivity index (χ2v) is 7.34. The summed E-state index contributed by atoms with van der Waals surface area (Å²) in [5.41, 5.74) is 1.71. The standard InChI is InChI=1S/C18H23N3O2S/c1-19(2)8-9-20(11-14-7-10-24-13-14)18(23)15-3-6-17(22)21(12-15)16-4-5-16/h3,6-7,10,12-13,16H,4-5,8-9,11H2,1-2H3. The van der Waals surface area contributed by atoms with Crippen LogP contribution in [0.4, 0.5) is 0 Å². The summed E-state index contributed by atoms with van der Waals surface area (Å²) in [6.07, 6.45) is 3.78. The summed E-state index contributed by atoms with van der Waals surface area (Å²) in [5.74, 6) is -0.0162. The quantitative estimate of drug-likeness (QED) is 0.774. The molecule has 128 valence electrons. The van der Waals surface area contributed by atoms with Gasteiger partial charge in [-0.3, -0.25) is 9.59 Å². The SMILES string of the molecule is CN(C)CCN(Cc1ccsc1)C(=O)c1ccc(=O)n(C2CC2)c1.